The number of aryl methyl sites for hydroxylation is 1. The van der Waals surface area contributed by atoms with Crippen LogP contribution in [0.1, 0.15) is 50.2 Å². The molecule has 0 saturated carbocycles. The number of likely N-dealkylation sites (tertiary alicyclic amines) is 2. The lowest BCUT2D eigenvalue weighted by Gasteiger charge is -2.34. The standard InChI is InChI=1S/C18H26N2O4/c1-3-14-8-9-16(24-14)15-7-5-11-20(15)17(21)13-6-4-10-19(12-13)18(22)23-2/h8-9,13,15H,3-7,10-12H2,1-2H3/t13-,15+/m0/s1. The summed E-state index contributed by atoms with van der Waals surface area (Å²) < 4.78 is 10.7. The van der Waals surface area contributed by atoms with Crippen LogP contribution in [-0.4, -0.2) is 48.5 Å². The highest BCUT2D eigenvalue weighted by Crippen LogP contribution is 2.35. The number of ether oxygens (including phenoxy) is 1. The van der Waals surface area contributed by atoms with E-state index >= 15 is 0 Å². The van der Waals surface area contributed by atoms with E-state index in [9.17, 15) is 9.59 Å². The van der Waals surface area contributed by atoms with Gasteiger partial charge in [0.1, 0.15) is 11.5 Å². The average Bonchev–Trinajstić information content (AvgIpc) is 3.29. The largest absolute Gasteiger partial charge is 0.464 e. The zero-order valence-electron chi connectivity index (χ0n) is 14.5. The van der Waals surface area contributed by atoms with Gasteiger partial charge in [0.05, 0.1) is 19.1 Å². The summed E-state index contributed by atoms with van der Waals surface area (Å²) in [5, 5.41) is 0. The second kappa shape index (κ2) is 7.28. The first-order valence-electron chi connectivity index (χ1n) is 8.86. The van der Waals surface area contributed by atoms with Crippen LogP contribution in [0.3, 0.4) is 0 Å². The highest BCUT2D eigenvalue weighted by atomic mass is 16.5. The minimum atomic E-state index is -0.343. The number of carbonyl (C=O) groups is 2. The van der Waals surface area contributed by atoms with E-state index in [0.717, 1.165) is 50.2 Å². The van der Waals surface area contributed by atoms with Crippen molar-refractivity contribution < 1.29 is 18.7 Å². The Morgan fingerprint density at radius 1 is 1.25 bits per heavy atom. The Balaban J connectivity index is 1.70. The predicted molar refractivity (Wildman–Crippen MR) is 88.5 cm³/mol. The molecule has 0 bridgehead atoms. The molecule has 24 heavy (non-hydrogen) atoms. The number of nitrogens with zero attached hydrogens (tertiary/aromatic N) is 2. The SMILES string of the molecule is CCc1ccc([C@H]2CCCN2C(=O)[C@H]2CCCN(C(=O)OC)C2)o1. The molecule has 1 aromatic heterocycles. The molecule has 2 amide bonds. The molecular weight excluding hydrogens is 308 g/mol. The fourth-order valence-electron chi connectivity index (χ4n) is 3.80. The van der Waals surface area contributed by atoms with E-state index in [0.29, 0.717) is 13.1 Å². The van der Waals surface area contributed by atoms with Crippen LogP contribution in [0.4, 0.5) is 4.79 Å². The molecule has 0 unspecified atom stereocenters. The number of piperidine rings is 1. The second-order valence-electron chi connectivity index (χ2n) is 6.60. The summed E-state index contributed by atoms with van der Waals surface area (Å²) in [6.07, 6.45) is 4.11. The number of hydrogen-bond acceptors (Lipinski definition) is 4. The van der Waals surface area contributed by atoms with Gasteiger partial charge in [-0.25, -0.2) is 4.79 Å². The first kappa shape index (κ1) is 16.9. The summed E-state index contributed by atoms with van der Waals surface area (Å²) in [5.41, 5.74) is 0. The molecule has 0 radical (unpaired) electrons. The Bertz CT molecular complexity index is 598. The van der Waals surface area contributed by atoms with Gasteiger partial charge in [0, 0.05) is 26.1 Å². The lowest BCUT2D eigenvalue weighted by atomic mass is 9.96. The maximum Gasteiger partial charge on any atom is 0.409 e. The third-order valence-electron chi connectivity index (χ3n) is 5.10. The van der Waals surface area contributed by atoms with Gasteiger partial charge in [-0.05, 0) is 37.8 Å². The van der Waals surface area contributed by atoms with Crippen LogP contribution < -0.4 is 0 Å². The fraction of sp³-hybridized carbons (Fsp3) is 0.667. The molecule has 0 spiro atoms. The summed E-state index contributed by atoms with van der Waals surface area (Å²) in [7, 11) is 1.38. The molecule has 0 aromatic carbocycles. The number of methoxy groups -OCH3 is 1. The zero-order valence-corrected chi connectivity index (χ0v) is 14.5. The average molecular weight is 334 g/mol. The molecule has 2 aliphatic rings. The van der Waals surface area contributed by atoms with Crippen LogP contribution in [-0.2, 0) is 16.0 Å². The van der Waals surface area contributed by atoms with Gasteiger partial charge in [0.25, 0.3) is 0 Å². The van der Waals surface area contributed by atoms with Crippen molar-refractivity contribution in [2.24, 2.45) is 5.92 Å². The van der Waals surface area contributed by atoms with Crippen LogP contribution >= 0.6 is 0 Å². The molecular formula is C18H26N2O4. The summed E-state index contributed by atoms with van der Waals surface area (Å²) in [6, 6.07) is 4.03. The van der Waals surface area contributed by atoms with Crippen molar-refractivity contribution in [3.05, 3.63) is 23.7 Å². The molecule has 3 heterocycles. The highest BCUT2D eigenvalue weighted by molar-refractivity contribution is 5.80. The van der Waals surface area contributed by atoms with Gasteiger partial charge >= 0.3 is 6.09 Å². The molecule has 3 rings (SSSR count). The van der Waals surface area contributed by atoms with Gasteiger partial charge in [-0.3, -0.25) is 4.79 Å². The molecule has 6 heteroatoms. The predicted octanol–water partition coefficient (Wildman–Crippen LogP) is 2.98. The quantitative estimate of drug-likeness (QED) is 0.852. The molecule has 2 atom stereocenters. The van der Waals surface area contributed by atoms with Crippen LogP contribution in [0.5, 0.6) is 0 Å². The van der Waals surface area contributed by atoms with Gasteiger partial charge in [-0.2, -0.15) is 0 Å². The van der Waals surface area contributed by atoms with Gasteiger partial charge in [-0.15, -0.1) is 0 Å². The van der Waals surface area contributed by atoms with Crippen molar-refractivity contribution in [3.8, 4) is 0 Å². The number of rotatable bonds is 3. The van der Waals surface area contributed by atoms with Crippen LogP contribution in [0.2, 0.25) is 0 Å². The van der Waals surface area contributed by atoms with Crippen molar-refractivity contribution in [2.45, 2.75) is 45.1 Å². The second-order valence-corrected chi connectivity index (χ2v) is 6.60. The third kappa shape index (κ3) is 3.28. The fourth-order valence-corrected chi connectivity index (χ4v) is 3.80. The molecule has 6 nitrogen and oxygen atoms in total. The van der Waals surface area contributed by atoms with E-state index in [1.54, 1.807) is 4.90 Å². The number of furan rings is 1. The van der Waals surface area contributed by atoms with Gasteiger partial charge < -0.3 is 19.0 Å². The molecule has 2 aliphatic heterocycles. The van der Waals surface area contributed by atoms with Gasteiger partial charge in [0.2, 0.25) is 5.91 Å². The summed E-state index contributed by atoms with van der Waals surface area (Å²) in [4.78, 5) is 28.4. The van der Waals surface area contributed by atoms with E-state index < -0.39 is 0 Å². The normalized spacial score (nSPS) is 24.2. The van der Waals surface area contributed by atoms with Crippen LogP contribution in [0, 0.1) is 5.92 Å². The lowest BCUT2D eigenvalue weighted by Crippen LogP contribution is -2.46. The van der Waals surface area contributed by atoms with Crippen molar-refractivity contribution >= 4 is 12.0 Å². The third-order valence-corrected chi connectivity index (χ3v) is 5.10. The molecule has 2 fully saturated rings. The van der Waals surface area contributed by atoms with Gasteiger partial charge in [0.15, 0.2) is 0 Å². The van der Waals surface area contributed by atoms with Crippen molar-refractivity contribution in [1.82, 2.24) is 9.80 Å². The number of amides is 2. The Labute approximate surface area is 142 Å². The van der Waals surface area contributed by atoms with Crippen molar-refractivity contribution in [2.75, 3.05) is 26.7 Å². The Morgan fingerprint density at radius 2 is 2.04 bits per heavy atom. The molecule has 132 valence electrons. The highest BCUT2D eigenvalue weighted by Gasteiger charge is 2.38. The van der Waals surface area contributed by atoms with Crippen molar-refractivity contribution in [1.29, 1.82) is 0 Å². The summed E-state index contributed by atoms with van der Waals surface area (Å²) in [5.74, 6) is 1.84. The minimum Gasteiger partial charge on any atom is -0.464 e. The lowest BCUT2D eigenvalue weighted by molar-refractivity contribution is -0.138. The summed E-state index contributed by atoms with van der Waals surface area (Å²) >= 11 is 0. The first-order chi connectivity index (χ1) is 11.6. The first-order valence-corrected chi connectivity index (χ1v) is 8.86. The Morgan fingerprint density at radius 3 is 2.75 bits per heavy atom. The van der Waals surface area contributed by atoms with Crippen LogP contribution in [0.25, 0.3) is 0 Å². The maximum absolute atomic E-state index is 13.0. The van der Waals surface area contributed by atoms with Gasteiger partial charge in [-0.1, -0.05) is 6.92 Å². The Hall–Kier alpha value is -1.98. The molecule has 2 saturated heterocycles. The number of hydrogen-bond donors (Lipinski definition) is 0. The van der Waals surface area contributed by atoms with E-state index in [1.807, 2.05) is 17.0 Å². The van der Waals surface area contributed by atoms with E-state index in [4.69, 9.17) is 9.15 Å². The molecule has 1 aromatic rings. The minimum absolute atomic E-state index is 0.0336. The zero-order chi connectivity index (χ0) is 17.1. The Kier molecular flexibility index (Phi) is 5.11. The van der Waals surface area contributed by atoms with E-state index in [2.05, 4.69) is 6.92 Å². The van der Waals surface area contributed by atoms with Crippen molar-refractivity contribution in [3.63, 3.8) is 0 Å². The smallest absolute Gasteiger partial charge is 0.409 e. The maximum atomic E-state index is 13.0. The number of carbonyl (C=O) groups excluding carboxylic acids is 2. The summed E-state index contributed by atoms with van der Waals surface area (Å²) in [6.45, 7) is 3.94. The monoisotopic (exact) mass is 334 g/mol. The molecule has 0 aliphatic carbocycles. The van der Waals surface area contributed by atoms with E-state index in [1.165, 1.54) is 7.11 Å². The van der Waals surface area contributed by atoms with Crippen LogP contribution in [0.15, 0.2) is 16.5 Å². The van der Waals surface area contributed by atoms with E-state index in [-0.39, 0.29) is 24.0 Å². The molecule has 0 N–H and O–H groups in total. The topological polar surface area (TPSA) is 63.0 Å².